The second kappa shape index (κ2) is 6.23. The maximum Gasteiger partial charge on any atom is 0.335 e. The van der Waals surface area contributed by atoms with Crippen molar-refractivity contribution in [2.75, 3.05) is 0 Å². The molecule has 0 aliphatic rings. The summed E-state index contributed by atoms with van der Waals surface area (Å²) in [6, 6.07) is 4.98. The largest absolute Gasteiger partial charge is 0.487 e. The average Bonchev–Trinajstić information content (AvgIpc) is 2.84. The molecule has 0 saturated carbocycles. The Morgan fingerprint density at radius 1 is 1.45 bits per heavy atom. The highest BCUT2D eigenvalue weighted by Crippen LogP contribution is 2.18. The van der Waals surface area contributed by atoms with E-state index in [2.05, 4.69) is 16.5 Å². The summed E-state index contributed by atoms with van der Waals surface area (Å²) >= 11 is 0. The second-order valence-corrected chi connectivity index (χ2v) is 4.65. The molecule has 0 amide bonds. The van der Waals surface area contributed by atoms with Gasteiger partial charge in [0.25, 0.3) is 0 Å². The van der Waals surface area contributed by atoms with Crippen LogP contribution >= 0.6 is 0 Å². The molecule has 1 aromatic heterocycles. The van der Waals surface area contributed by atoms with E-state index in [9.17, 15) is 4.79 Å². The van der Waals surface area contributed by atoms with Gasteiger partial charge in [-0.15, -0.1) is 0 Å². The predicted octanol–water partition coefficient (Wildman–Crippen LogP) is 2.88. The number of hydrogen-bond acceptors (Lipinski definition) is 3. The fourth-order valence-electron chi connectivity index (χ4n) is 2.03. The Bertz CT molecular complexity index is 605. The van der Waals surface area contributed by atoms with Crippen LogP contribution in [0.15, 0.2) is 30.7 Å². The van der Waals surface area contributed by atoms with Crippen LogP contribution in [0.3, 0.4) is 0 Å². The Hall–Kier alpha value is -2.30. The van der Waals surface area contributed by atoms with Crippen molar-refractivity contribution in [1.29, 1.82) is 0 Å². The molecule has 0 atom stereocenters. The maximum absolute atomic E-state index is 10.9. The van der Waals surface area contributed by atoms with Gasteiger partial charge in [0.1, 0.15) is 12.4 Å². The average molecular weight is 274 g/mol. The number of carboxylic acids is 1. The number of carbonyl (C=O) groups is 1. The first kappa shape index (κ1) is 14.1. The highest BCUT2D eigenvalue weighted by Gasteiger charge is 2.08. The third-order valence-electron chi connectivity index (χ3n) is 3.08. The van der Waals surface area contributed by atoms with Gasteiger partial charge >= 0.3 is 5.97 Å². The molecule has 0 unspecified atom stereocenters. The summed E-state index contributed by atoms with van der Waals surface area (Å²) in [6.07, 6.45) is 4.62. The third-order valence-corrected chi connectivity index (χ3v) is 3.08. The number of aromatic carboxylic acids is 1. The molecule has 1 heterocycles. The van der Waals surface area contributed by atoms with Gasteiger partial charge in [0.05, 0.1) is 23.8 Å². The number of rotatable bonds is 6. The van der Waals surface area contributed by atoms with Crippen LogP contribution in [0.5, 0.6) is 5.75 Å². The van der Waals surface area contributed by atoms with Crippen LogP contribution in [0.4, 0.5) is 0 Å². The predicted molar refractivity (Wildman–Crippen MR) is 75.0 cm³/mol. The Morgan fingerprint density at radius 2 is 2.25 bits per heavy atom. The number of hydrogen-bond donors (Lipinski definition) is 1. The van der Waals surface area contributed by atoms with Crippen LogP contribution in [0.25, 0.3) is 0 Å². The van der Waals surface area contributed by atoms with Crippen molar-refractivity contribution in [3.63, 3.8) is 0 Å². The van der Waals surface area contributed by atoms with E-state index in [4.69, 9.17) is 9.84 Å². The highest BCUT2D eigenvalue weighted by atomic mass is 16.5. The van der Waals surface area contributed by atoms with Crippen LogP contribution in [0.1, 0.15) is 35.0 Å². The lowest BCUT2D eigenvalue weighted by Gasteiger charge is -2.10. The first-order chi connectivity index (χ1) is 9.61. The Kier molecular flexibility index (Phi) is 4.40. The molecule has 1 N–H and O–H groups in total. The molecular weight excluding hydrogens is 256 g/mol. The van der Waals surface area contributed by atoms with Crippen molar-refractivity contribution in [2.45, 2.75) is 33.4 Å². The van der Waals surface area contributed by atoms with Gasteiger partial charge in [-0.3, -0.25) is 0 Å². The Morgan fingerprint density at radius 3 is 2.90 bits per heavy atom. The van der Waals surface area contributed by atoms with Gasteiger partial charge in [-0.05, 0) is 37.1 Å². The molecule has 0 aliphatic carbocycles. The normalized spacial score (nSPS) is 10.5. The first-order valence-electron chi connectivity index (χ1n) is 6.57. The molecule has 0 spiro atoms. The lowest BCUT2D eigenvalue weighted by atomic mass is 10.1. The number of ether oxygens (including phenoxy) is 1. The van der Waals surface area contributed by atoms with Gasteiger partial charge in [-0.1, -0.05) is 6.92 Å². The smallest absolute Gasteiger partial charge is 0.335 e. The monoisotopic (exact) mass is 274 g/mol. The summed E-state index contributed by atoms with van der Waals surface area (Å²) in [5.74, 6) is -0.258. The summed E-state index contributed by atoms with van der Waals surface area (Å²) in [5.41, 5.74) is 2.00. The number of imidazole rings is 1. The molecule has 106 valence electrons. The molecule has 2 aromatic rings. The van der Waals surface area contributed by atoms with Crippen molar-refractivity contribution in [3.05, 3.63) is 47.5 Å². The molecule has 5 heteroatoms. The minimum absolute atomic E-state index is 0.299. The molecule has 5 nitrogen and oxygen atoms in total. The fourth-order valence-corrected chi connectivity index (χ4v) is 2.03. The van der Waals surface area contributed by atoms with Gasteiger partial charge in [0.15, 0.2) is 0 Å². The van der Waals surface area contributed by atoms with Crippen molar-refractivity contribution < 1.29 is 14.6 Å². The van der Waals surface area contributed by atoms with Gasteiger partial charge < -0.3 is 14.4 Å². The number of carboxylic acid groups (broad SMARTS) is 1. The number of aryl methyl sites for hydroxylation is 2. The Balaban J connectivity index is 2.05. The standard InChI is InChI=1S/C15H18N2O3/c1-3-6-17-10-16-8-12(17)9-20-13-4-5-14(15(18)19)11(2)7-13/h4-5,7-8,10H,3,6,9H2,1-2H3,(H,18,19). The SMILES string of the molecule is CCCn1cncc1COc1ccc(C(=O)O)c(C)c1. The van der Waals surface area contributed by atoms with Crippen molar-refractivity contribution in [2.24, 2.45) is 0 Å². The van der Waals surface area contributed by atoms with Crippen LogP contribution in [-0.4, -0.2) is 20.6 Å². The van der Waals surface area contributed by atoms with E-state index >= 15 is 0 Å². The zero-order valence-electron chi connectivity index (χ0n) is 11.7. The van der Waals surface area contributed by atoms with Gasteiger partial charge in [0, 0.05) is 6.54 Å². The first-order valence-corrected chi connectivity index (χ1v) is 6.57. The molecule has 0 fully saturated rings. The number of nitrogens with zero attached hydrogens (tertiary/aromatic N) is 2. The van der Waals surface area contributed by atoms with E-state index in [0.717, 1.165) is 18.7 Å². The quantitative estimate of drug-likeness (QED) is 0.879. The summed E-state index contributed by atoms with van der Waals surface area (Å²) in [4.78, 5) is 15.1. The number of benzene rings is 1. The Labute approximate surface area is 117 Å². The van der Waals surface area contributed by atoms with Crippen molar-refractivity contribution in [3.8, 4) is 5.75 Å². The van der Waals surface area contributed by atoms with Crippen LogP contribution in [-0.2, 0) is 13.2 Å². The molecule has 2 rings (SSSR count). The topological polar surface area (TPSA) is 64.4 Å². The lowest BCUT2D eigenvalue weighted by molar-refractivity contribution is 0.0696. The van der Waals surface area contributed by atoms with E-state index in [1.165, 1.54) is 0 Å². The third kappa shape index (κ3) is 3.17. The highest BCUT2D eigenvalue weighted by molar-refractivity contribution is 5.89. The maximum atomic E-state index is 10.9. The minimum atomic E-state index is -0.921. The van der Waals surface area contributed by atoms with Crippen molar-refractivity contribution >= 4 is 5.97 Å². The lowest BCUT2D eigenvalue weighted by Crippen LogP contribution is -2.05. The van der Waals surface area contributed by atoms with Gasteiger partial charge in [0.2, 0.25) is 0 Å². The molecule has 1 aromatic carbocycles. The van der Waals surface area contributed by atoms with E-state index in [1.54, 1.807) is 37.6 Å². The van der Waals surface area contributed by atoms with Crippen LogP contribution < -0.4 is 4.74 Å². The molecule has 0 saturated heterocycles. The van der Waals surface area contributed by atoms with Crippen LogP contribution in [0, 0.1) is 6.92 Å². The molecule has 20 heavy (non-hydrogen) atoms. The van der Waals surface area contributed by atoms with Crippen molar-refractivity contribution in [1.82, 2.24) is 9.55 Å². The summed E-state index contributed by atoms with van der Waals surface area (Å²) in [5, 5.41) is 8.98. The molecule has 0 aliphatic heterocycles. The van der Waals surface area contributed by atoms with E-state index in [0.29, 0.717) is 23.5 Å². The van der Waals surface area contributed by atoms with E-state index in [1.807, 2.05) is 0 Å². The molecule has 0 bridgehead atoms. The van der Waals surface area contributed by atoms with Crippen LogP contribution in [0.2, 0.25) is 0 Å². The second-order valence-electron chi connectivity index (χ2n) is 4.65. The summed E-state index contributed by atoms with van der Waals surface area (Å²) in [7, 11) is 0. The summed E-state index contributed by atoms with van der Waals surface area (Å²) in [6.45, 7) is 5.21. The zero-order valence-corrected chi connectivity index (χ0v) is 11.7. The fraction of sp³-hybridized carbons (Fsp3) is 0.333. The zero-order chi connectivity index (χ0) is 14.5. The van der Waals surface area contributed by atoms with Gasteiger partial charge in [-0.2, -0.15) is 0 Å². The van der Waals surface area contributed by atoms with E-state index in [-0.39, 0.29) is 0 Å². The summed E-state index contributed by atoms with van der Waals surface area (Å²) < 4.78 is 7.75. The molecular formula is C15H18N2O3. The minimum Gasteiger partial charge on any atom is -0.487 e. The number of aromatic nitrogens is 2. The molecule has 0 radical (unpaired) electrons. The van der Waals surface area contributed by atoms with E-state index < -0.39 is 5.97 Å². The van der Waals surface area contributed by atoms with Gasteiger partial charge in [-0.25, -0.2) is 9.78 Å².